The Labute approximate surface area is 169 Å². The van der Waals surface area contributed by atoms with Crippen molar-refractivity contribution < 1.29 is 14.9 Å². The third-order valence-electron chi connectivity index (χ3n) is 4.53. The molecule has 0 saturated carbocycles. The first-order valence-electron chi connectivity index (χ1n) is 8.88. The summed E-state index contributed by atoms with van der Waals surface area (Å²) in [5.41, 5.74) is 5.20. The molecule has 2 aromatic carbocycles. The first-order chi connectivity index (χ1) is 13.5. The van der Waals surface area contributed by atoms with Crippen LogP contribution in [-0.2, 0) is 11.2 Å². The predicted octanol–water partition coefficient (Wildman–Crippen LogP) is 4.01. The standard InChI is InChI=1S/C21H23N3O3S/c1-13-4-3-5-16(15(13)8-9-22-10-11-27-2)19-20(23-24-21(19)28)17-7-6-14(25)12-18(17)26/h3-7,9,12,25-26H,8,10-11H2,1-2H3,(H2,23,24,28)/b22-9+. The van der Waals surface area contributed by atoms with E-state index in [1.165, 1.54) is 12.1 Å². The zero-order valence-electron chi connectivity index (χ0n) is 15.8. The first kappa shape index (κ1) is 20.0. The van der Waals surface area contributed by atoms with E-state index in [1.807, 2.05) is 18.3 Å². The number of aliphatic imine (C=N–C) groups is 1. The fourth-order valence-electron chi connectivity index (χ4n) is 3.11. The molecule has 0 atom stereocenters. The topological polar surface area (TPSA) is 90.7 Å². The van der Waals surface area contributed by atoms with Crippen LogP contribution in [0.4, 0.5) is 0 Å². The molecule has 6 nitrogen and oxygen atoms in total. The van der Waals surface area contributed by atoms with E-state index in [-0.39, 0.29) is 11.5 Å². The SMILES string of the molecule is COCC/N=C/Cc1c(C)cccc1-c1c(S)n[nH]c1-c1ccc(O)cc1O. The molecule has 0 aliphatic rings. The zero-order valence-corrected chi connectivity index (χ0v) is 16.7. The number of nitrogens with zero attached hydrogens (tertiary/aromatic N) is 2. The van der Waals surface area contributed by atoms with Crippen LogP contribution < -0.4 is 0 Å². The molecule has 7 heteroatoms. The Morgan fingerprint density at radius 3 is 2.79 bits per heavy atom. The Bertz CT molecular complexity index is 999. The van der Waals surface area contributed by atoms with Crippen LogP contribution in [-0.4, -0.2) is 46.9 Å². The second kappa shape index (κ2) is 8.95. The van der Waals surface area contributed by atoms with Crippen molar-refractivity contribution in [3.63, 3.8) is 0 Å². The molecule has 0 aliphatic heterocycles. The van der Waals surface area contributed by atoms with Gasteiger partial charge in [0.15, 0.2) is 0 Å². The molecule has 1 aromatic heterocycles. The summed E-state index contributed by atoms with van der Waals surface area (Å²) < 4.78 is 5.02. The van der Waals surface area contributed by atoms with Crippen LogP contribution in [0.3, 0.4) is 0 Å². The average Bonchev–Trinajstić information content (AvgIpc) is 3.03. The van der Waals surface area contributed by atoms with Crippen LogP contribution in [0.15, 0.2) is 46.4 Å². The fraction of sp³-hybridized carbons (Fsp3) is 0.238. The van der Waals surface area contributed by atoms with Crippen molar-refractivity contribution >= 4 is 18.8 Å². The Morgan fingerprint density at radius 2 is 2.04 bits per heavy atom. The number of aromatic amines is 1. The Morgan fingerprint density at radius 1 is 1.21 bits per heavy atom. The van der Waals surface area contributed by atoms with Crippen LogP contribution in [0.1, 0.15) is 11.1 Å². The fourth-order valence-corrected chi connectivity index (χ4v) is 3.39. The Balaban J connectivity index is 2.06. The van der Waals surface area contributed by atoms with Crippen molar-refractivity contribution in [3.8, 4) is 33.9 Å². The third kappa shape index (κ3) is 4.21. The van der Waals surface area contributed by atoms with Gasteiger partial charge in [-0.25, -0.2) is 0 Å². The van der Waals surface area contributed by atoms with E-state index < -0.39 is 0 Å². The van der Waals surface area contributed by atoms with Gasteiger partial charge in [0.25, 0.3) is 0 Å². The molecule has 0 unspecified atom stereocenters. The molecule has 3 aromatic rings. The summed E-state index contributed by atoms with van der Waals surface area (Å²) in [6.45, 7) is 3.26. The van der Waals surface area contributed by atoms with Gasteiger partial charge in [-0.15, -0.1) is 12.6 Å². The van der Waals surface area contributed by atoms with Crippen LogP contribution in [0.2, 0.25) is 0 Å². The Hall–Kier alpha value is -2.77. The number of nitrogens with one attached hydrogen (secondary N) is 1. The maximum absolute atomic E-state index is 10.3. The molecule has 146 valence electrons. The number of ether oxygens (including phenoxy) is 1. The third-order valence-corrected chi connectivity index (χ3v) is 4.85. The zero-order chi connectivity index (χ0) is 20.1. The van der Waals surface area contributed by atoms with Crippen molar-refractivity contribution in [1.82, 2.24) is 10.2 Å². The number of aryl methyl sites for hydroxylation is 1. The van der Waals surface area contributed by atoms with E-state index in [1.54, 1.807) is 13.2 Å². The quantitative estimate of drug-likeness (QED) is 0.275. The van der Waals surface area contributed by atoms with Crippen molar-refractivity contribution in [1.29, 1.82) is 0 Å². The van der Waals surface area contributed by atoms with Gasteiger partial charge in [-0.05, 0) is 35.7 Å². The van der Waals surface area contributed by atoms with E-state index >= 15 is 0 Å². The highest BCUT2D eigenvalue weighted by atomic mass is 32.1. The summed E-state index contributed by atoms with van der Waals surface area (Å²) in [5, 5.41) is 27.6. The molecule has 1 heterocycles. The molecule has 0 bridgehead atoms. The second-order valence-electron chi connectivity index (χ2n) is 6.39. The van der Waals surface area contributed by atoms with E-state index in [2.05, 4.69) is 40.8 Å². The minimum Gasteiger partial charge on any atom is -0.508 e. The van der Waals surface area contributed by atoms with Gasteiger partial charge in [0.05, 0.1) is 18.8 Å². The summed E-state index contributed by atoms with van der Waals surface area (Å²) in [6, 6.07) is 10.5. The lowest BCUT2D eigenvalue weighted by molar-refractivity contribution is 0.208. The number of thiol groups is 1. The van der Waals surface area contributed by atoms with Gasteiger partial charge in [0, 0.05) is 36.9 Å². The number of H-pyrrole nitrogens is 1. The van der Waals surface area contributed by atoms with Gasteiger partial charge in [0.2, 0.25) is 0 Å². The second-order valence-corrected chi connectivity index (χ2v) is 6.81. The summed E-state index contributed by atoms with van der Waals surface area (Å²) in [4.78, 5) is 4.39. The van der Waals surface area contributed by atoms with Crippen LogP contribution >= 0.6 is 12.6 Å². The maximum atomic E-state index is 10.3. The van der Waals surface area contributed by atoms with E-state index in [9.17, 15) is 10.2 Å². The van der Waals surface area contributed by atoms with Gasteiger partial charge in [-0.1, -0.05) is 18.2 Å². The lowest BCUT2D eigenvalue weighted by atomic mass is 9.92. The molecule has 0 saturated heterocycles. The largest absolute Gasteiger partial charge is 0.508 e. The molecule has 28 heavy (non-hydrogen) atoms. The summed E-state index contributed by atoms with van der Waals surface area (Å²) in [5.74, 6) is -0.0366. The number of rotatable bonds is 7. The lowest BCUT2D eigenvalue weighted by Gasteiger charge is -2.13. The van der Waals surface area contributed by atoms with Crippen LogP contribution in [0.5, 0.6) is 11.5 Å². The van der Waals surface area contributed by atoms with E-state index in [4.69, 9.17) is 4.74 Å². The predicted molar refractivity (Wildman–Crippen MR) is 114 cm³/mol. The molecule has 3 rings (SSSR count). The number of aromatic hydroxyl groups is 2. The van der Waals surface area contributed by atoms with Gasteiger partial charge in [-0.2, -0.15) is 5.10 Å². The van der Waals surface area contributed by atoms with E-state index in [0.29, 0.717) is 35.9 Å². The Kier molecular flexibility index (Phi) is 6.38. The molecular weight excluding hydrogens is 374 g/mol. The molecule has 0 spiro atoms. The molecule has 3 N–H and O–H groups in total. The monoisotopic (exact) mass is 397 g/mol. The van der Waals surface area contributed by atoms with Crippen molar-refractivity contribution in [2.45, 2.75) is 18.4 Å². The highest BCUT2D eigenvalue weighted by Crippen LogP contribution is 2.41. The number of methoxy groups -OCH3 is 1. The molecule has 0 fully saturated rings. The molecule has 0 amide bonds. The van der Waals surface area contributed by atoms with Gasteiger partial charge < -0.3 is 14.9 Å². The van der Waals surface area contributed by atoms with Crippen LogP contribution in [0, 0.1) is 6.92 Å². The van der Waals surface area contributed by atoms with Gasteiger partial charge >= 0.3 is 0 Å². The number of phenolic OH excluding ortho intramolecular Hbond substituents is 2. The number of aromatic nitrogens is 2. The average molecular weight is 398 g/mol. The number of phenols is 2. The summed E-state index contributed by atoms with van der Waals surface area (Å²) in [7, 11) is 1.66. The van der Waals surface area contributed by atoms with Gasteiger partial charge in [0.1, 0.15) is 16.5 Å². The normalized spacial score (nSPS) is 11.4. The molecular formula is C21H23N3O3S. The maximum Gasteiger partial charge on any atom is 0.128 e. The smallest absolute Gasteiger partial charge is 0.128 e. The number of hydrogen-bond donors (Lipinski definition) is 4. The van der Waals surface area contributed by atoms with Crippen molar-refractivity contribution in [2.24, 2.45) is 4.99 Å². The minimum absolute atomic E-state index is 0.00285. The number of benzene rings is 2. The highest BCUT2D eigenvalue weighted by molar-refractivity contribution is 7.80. The summed E-state index contributed by atoms with van der Waals surface area (Å²) in [6.07, 6.45) is 2.55. The lowest BCUT2D eigenvalue weighted by Crippen LogP contribution is -1.98. The molecule has 0 aliphatic carbocycles. The van der Waals surface area contributed by atoms with Crippen LogP contribution in [0.25, 0.3) is 22.4 Å². The molecule has 0 radical (unpaired) electrons. The summed E-state index contributed by atoms with van der Waals surface area (Å²) >= 11 is 4.53. The van der Waals surface area contributed by atoms with E-state index in [0.717, 1.165) is 22.3 Å². The highest BCUT2D eigenvalue weighted by Gasteiger charge is 2.20. The minimum atomic E-state index is -0.0337. The van der Waals surface area contributed by atoms with Crippen molar-refractivity contribution in [3.05, 3.63) is 47.5 Å². The number of hydrogen-bond acceptors (Lipinski definition) is 6. The first-order valence-corrected chi connectivity index (χ1v) is 9.33. The van der Waals surface area contributed by atoms with Gasteiger partial charge in [-0.3, -0.25) is 10.1 Å². The van der Waals surface area contributed by atoms with Crippen molar-refractivity contribution in [2.75, 3.05) is 20.3 Å².